The van der Waals surface area contributed by atoms with Crippen molar-refractivity contribution in [3.63, 3.8) is 0 Å². The van der Waals surface area contributed by atoms with E-state index in [1.54, 1.807) is 12.4 Å². The molecule has 4 heterocycles. The van der Waals surface area contributed by atoms with Crippen molar-refractivity contribution in [2.75, 3.05) is 32.1 Å². The molecule has 2 N–H and O–H groups in total. The van der Waals surface area contributed by atoms with E-state index in [1.165, 1.54) is 12.5 Å². The average molecular weight is 452 g/mol. The summed E-state index contributed by atoms with van der Waals surface area (Å²) < 4.78 is 8.15. The Hall–Kier alpha value is -3.27. The third-order valence-electron chi connectivity index (χ3n) is 6.45. The topological polar surface area (TPSA) is 118 Å². The molecule has 3 aromatic heterocycles. The Balaban J connectivity index is 1.55. The summed E-state index contributed by atoms with van der Waals surface area (Å²) in [4.78, 5) is 26.9. The third-order valence-corrected chi connectivity index (χ3v) is 6.45. The number of fused-ring (bicyclic) bond motifs is 1. The van der Waals surface area contributed by atoms with Crippen LogP contribution < -0.4 is 15.0 Å². The number of nitrogens with one attached hydrogen (secondary N) is 1. The molecule has 0 atom stereocenters. The van der Waals surface area contributed by atoms with Gasteiger partial charge in [-0.25, -0.2) is 24.4 Å². The number of aromatic carboxylic acids is 1. The Morgan fingerprint density at radius 3 is 2.55 bits per heavy atom. The van der Waals surface area contributed by atoms with E-state index in [9.17, 15) is 9.90 Å². The van der Waals surface area contributed by atoms with Gasteiger partial charge >= 0.3 is 5.97 Å². The molecule has 1 saturated carbocycles. The first-order valence-corrected chi connectivity index (χ1v) is 11.5. The fraction of sp³-hybridized carbons (Fsp3) is 0.522. The highest BCUT2D eigenvalue weighted by atomic mass is 16.5. The van der Waals surface area contributed by atoms with Crippen molar-refractivity contribution < 1.29 is 14.6 Å². The molecular weight excluding hydrogens is 422 g/mol. The van der Waals surface area contributed by atoms with Crippen molar-refractivity contribution in [2.45, 2.75) is 50.7 Å². The zero-order valence-electron chi connectivity index (χ0n) is 19.0. The number of anilines is 1. The number of hydrogen-bond donors (Lipinski definition) is 2. The van der Waals surface area contributed by atoms with Crippen molar-refractivity contribution in [3.05, 3.63) is 35.4 Å². The molecule has 33 heavy (non-hydrogen) atoms. The normalized spacial score (nSPS) is 17.2. The Morgan fingerprint density at radius 2 is 1.94 bits per heavy atom. The summed E-state index contributed by atoms with van der Waals surface area (Å²) in [6.07, 6.45) is 9.04. The molecule has 0 spiro atoms. The molecule has 1 saturated heterocycles. The van der Waals surface area contributed by atoms with Gasteiger partial charge in [0.2, 0.25) is 5.95 Å². The van der Waals surface area contributed by atoms with Gasteiger partial charge in [-0.2, -0.15) is 5.10 Å². The molecule has 0 bridgehead atoms. The second-order valence-electron chi connectivity index (χ2n) is 9.06. The minimum Gasteiger partial charge on any atom is -0.488 e. The number of hydrogen-bond acceptors (Lipinski definition) is 8. The largest absolute Gasteiger partial charge is 0.488 e. The van der Waals surface area contributed by atoms with E-state index in [-0.39, 0.29) is 24.3 Å². The molecular formula is C23H29N7O3. The molecule has 174 valence electrons. The van der Waals surface area contributed by atoms with Gasteiger partial charge < -0.3 is 20.1 Å². The highest BCUT2D eigenvalue weighted by Gasteiger charge is 2.31. The molecule has 0 aromatic carbocycles. The van der Waals surface area contributed by atoms with Crippen LogP contribution in [-0.4, -0.2) is 63.0 Å². The predicted molar refractivity (Wildman–Crippen MR) is 123 cm³/mol. The Labute approximate surface area is 192 Å². The van der Waals surface area contributed by atoms with Crippen LogP contribution in [0.4, 0.5) is 5.95 Å². The zero-order chi connectivity index (χ0) is 22.9. The lowest BCUT2D eigenvalue weighted by atomic mass is 9.95. The van der Waals surface area contributed by atoms with E-state index in [0.717, 1.165) is 55.4 Å². The summed E-state index contributed by atoms with van der Waals surface area (Å²) in [5, 5.41) is 18.9. The van der Waals surface area contributed by atoms with Crippen LogP contribution in [0.15, 0.2) is 18.5 Å². The van der Waals surface area contributed by atoms with Gasteiger partial charge in [-0.05, 0) is 12.8 Å². The van der Waals surface area contributed by atoms with Gasteiger partial charge in [0.1, 0.15) is 12.4 Å². The lowest BCUT2D eigenvalue weighted by Gasteiger charge is -2.26. The van der Waals surface area contributed by atoms with E-state index in [0.29, 0.717) is 17.3 Å². The lowest BCUT2D eigenvalue weighted by molar-refractivity contribution is 0.0690. The number of carboxylic acids is 1. The first kappa shape index (κ1) is 21.6. The third kappa shape index (κ3) is 4.22. The van der Waals surface area contributed by atoms with Gasteiger partial charge in [0.05, 0.1) is 17.1 Å². The SMILES string of the molecule is CN(C)c1ncc(COc2cc(C(=O)O)nc3c2c(C2CNC2)nn3C2CCCCC2)cn1. The molecule has 0 radical (unpaired) electrons. The number of carbonyl (C=O) groups is 1. The van der Waals surface area contributed by atoms with Crippen LogP contribution in [-0.2, 0) is 6.61 Å². The summed E-state index contributed by atoms with van der Waals surface area (Å²) in [5.74, 6) is 0.299. The summed E-state index contributed by atoms with van der Waals surface area (Å²) >= 11 is 0. The van der Waals surface area contributed by atoms with Gasteiger partial charge in [0.15, 0.2) is 11.3 Å². The van der Waals surface area contributed by atoms with Crippen LogP contribution in [0, 0.1) is 0 Å². The van der Waals surface area contributed by atoms with Crippen molar-refractivity contribution >= 4 is 23.0 Å². The monoisotopic (exact) mass is 451 g/mol. The molecule has 2 fully saturated rings. The van der Waals surface area contributed by atoms with E-state index in [1.807, 2.05) is 23.7 Å². The van der Waals surface area contributed by atoms with E-state index >= 15 is 0 Å². The van der Waals surface area contributed by atoms with Gasteiger partial charge in [-0.15, -0.1) is 0 Å². The van der Waals surface area contributed by atoms with Crippen molar-refractivity contribution in [1.29, 1.82) is 0 Å². The highest BCUT2D eigenvalue weighted by molar-refractivity contribution is 5.93. The second-order valence-corrected chi connectivity index (χ2v) is 9.06. The first-order valence-electron chi connectivity index (χ1n) is 11.5. The molecule has 3 aromatic rings. The number of aromatic nitrogens is 5. The van der Waals surface area contributed by atoms with Crippen molar-refractivity contribution in [3.8, 4) is 5.75 Å². The molecule has 0 amide bonds. The molecule has 1 aliphatic heterocycles. The Bertz CT molecular complexity index is 1150. The van der Waals surface area contributed by atoms with Gasteiger partial charge in [0, 0.05) is 57.1 Å². The summed E-state index contributed by atoms with van der Waals surface area (Å²) in [6.45, 7) is 1.91. The van der Waals surface area contributed by atoms with E-state index in [2.05, 4.69) is 20.3 Å². The summed E-state index contributed by atoms with van der Waals surface area (Å²) in [5.41, 5.74) is 2.31. The Kier molecular flexibility index (Phi) is 5.84. The van der Waals surface area contributed by atoms with Crippen molar-refractivity contribution in [2.24, 2.45) is 0 Å². The van der Waals surface area contributed by atoms with Crippen LogP contribution in [0.25, 0.3) is 11.0 Å². The fourth-order valence-electron chi connectivity index (χ4n) is 4.51. The second kappa shape index (κ2) is 8.93. The fourth-order valence-corrected chi connectivity index (χ4v) is 4.51. The minimum atomic E-state index is -1.08. The molecule has 10 nitrogen and oxygen atoms in total. The Morgan fingerprint density at radius 1 is 1.21 bits per heavy atom. The summed E-state index contributed by atoms with van der Waals surface area (Å²) in [7, 11) is 3.76. The van der Waals surface area contributed by atoms with E-state index < -0.39 is 5.97 Å². The highest BCUT2D eigenvalue weighted by Crippen LogP contribution is 2.38. The van der Waals surface area contributed by atoms with Crippen LogP contribution in [0.3, 0.4) is 0 Å². The maximum Gasteiger partial charge on any atom is 0.354 e. The van der Waals surface area contributed by atoms with Crippen LogP contribution in [0.2, 0.25) is 0 Å². The average Bonchev–Trinajstić information content (AvgIpc) is 3.16. The molecule has 10 heteroatoms. The molecule has 1 aliphatic carbocycles. The van der Waals surface area contributed by atoms with Crippen LogP contribution >= 0.6 is 0 Å². The molecule has 2 aliphatic rings. The number of rotatable bonds is 7. The maximum absolute atomic E-state index is 11.9. The van der Waals surface area contributed by atoms with Gasteiger partial charge in [0.25, 0.3) is 0 Å². The maximum atomic E-state index is 11.9. The van der Waals surface area contributed by atoms with Crippen LogP contribution in [0.5, 0.6) is 5.75 Å². The van der Waals surface area contributed by atoms with Crippen molar-refractivity contribution in [1.82, 2.24) is 30.0 Å². The standard InChI is InChI=1S/C23H29N7O3/c1-29(2)23-25-9-14(10-26-23)13-33-18-8-17(22(31)32)27-21-19(18)20(15-11-24-12-15)28-30(21)16-6-4-3-5-7-16/h8-10,15-16,24H,3-7,11-13H2,1-2H3,(H,31,32). The number of carboxylic acid groups (broad SMARTS) is 1. The van der Waals surface area contributed by atoms with E-state index in [4.69, 9.17) is 9.84 Å². The minimum absolute atomic E-state index is 0.0352. The summed E-state index contributed by atoms with van der Waals surface area (Å²) in [6, 6.07) is 1.75. The van der Waals surface area contributed by atoms with Gasteiger partial charge in [-0.3, -0.25) is 0 Å². The number of ether oxygens (including phenoxy) is 1. The predicted octanol–water partition coefficient (Wildman–Crippen LogP) is 2.76. The van der Waals surface area contributed by atoms with Crippen LogP contribution in [0.1, 0.15) is 65.8 Å². The quantitative estimate of drug-likeness (QED) is 0.559. The molecule has 5 rings (SSSR count). The number of pyridine rings is 1. The van der Waals surface area contributed by atoms with Gasteiger partial charge in [-0.1, -0.05) is 19.3 Å². The zero-order valence-corrected chi connectivity index (χ0v) is 19.0. The first-order chi connectivity index (χ1) is 16.0. The number of nitrogens with zero attached hydrogens (tertiary/aromatic N) is 6. The molecule has 0 unspecified atom stereocenters. The smallest absolute Gasteiger partial charge is 0.354 e. The lowest BCUT2D eigenvalue weighted by Crippen LogP contribution is -2.40.